The van der Waals surface area contributed by atoms with Gasteiger partial charge in [-0.05, 0) is 73.9 Å². The number of fused-ring (bicyclic) bond motifs is 1. The number of hydrogen-bond donors (Lipinski definition) is 4. The minimum Gasteiger partial charge on any atom is -0.503 e. The first-order valence-corrected chi connectivity index (χ1v) is 11.6. The zero-order valence-corrected chi connectivity index (χ0v) is 18.8. The molecule has 0 bridgehead atoms. The van der Waals surface area contributed by atoms with Crippen molar-refractivity contribution in [1.82, 2.24) is 4.98 Å². The number of aromatic nitrogens is 1. The summed E-state index contributed by atoms with van der Waals surface area (Å²) >= 11 is 0. The maximum Gasteiger partial charge on any atom is 0.181 e. The number of carbonyl (C=O) groups is 1. The Hall–Kier alpha value is -3.32. The van der Waals surface area contributed by atoms with E-state index in [0.29, 0.717) is 11.3 Å². The molecule has 2 aromatic carbocycles. The van der Waals surface area contributed by atoms with Crippen LogP contribution in [0.1, 0.15) is 48.9 Å². The Morgan fingerprint density at radius 3 is 2.55 bits per heavy atom. The number of ether oxygens (including phenoxy) is 1. The summed E-state index contributed by atoms with van der Waals surface area (Å²) in [7, 11) is 1.50. The molecule has 6 N–H and O–H groups in total. The van der Waals surface area contributed by atoms with Crippen molar-refractivity contribution in [2.75, 3.05) is 18.2 Å². The second-order valence-corrected chi connectivity index (χ2v) is 9.29. The van der Waals surface area contributed by atoms with Crippen molar-refractivity contribution < 1.29 is 14.6 Å². The Morgan fingerprint density at radius 1 is 1.09 bits per heavy atom. The van der Waals surface area contributed by atoms with Gasteiger partial charge in [0.15, 0.2) is 17.3 Å². The van der Waals surface area contributed by atoms with E-state index < -0.39 is 0 Å². The summed E-state index contributed by atoms with van der Waals surface area (Å²) in [6.07, 6.45) is 7.53. The number of Topliss-reactive ketones (excluding diaryl/α,β-unsaturated/α-hetero) is 1. The van der Waals surface area contributed by atoms with Crippen LogP contribution in [0.2, 0.25) is 0 Å². The van der Waals surface area contributed by atoms with Gasteiger partial charge in [-0.15, -0.1) is 0 Å². The lowest BCUT2D eigenvalue weighted by atomic mass is 9.91. The number of phenols is 1. The molecule has 0 amide bonds. The average molecular weight is 447 g/mol. The summed E-state index contributed by atoms with van der Waals surface area (Å²) in [5.74, 6) is 0.519. The molecule has 2 fully saturated rings. The van der Waals surface area contributed by atoms with E-state index in [1.807, 2.05) is 18.2 Å². The van der Waals surface area contributed by atoms with Gasteiger partial charge in [-0.2, -0.15) is 0 Å². The van der Waals surface area contributed by atoms with Crippen molar-refractivity contribution in [3.8, 4) is 22.6 Å². The number of carbonyl (C=O) groups excluding carboxylic acids is 1. The van der Waals surface area contributed by atoms with Crippen LogP contribution < -0.4 is 21.5 Å². The molecule has 7 nitrogen and oxygen atoms in total. The van der Waals surface area contributed by atoms with Crippen LogP contribution in [-0.4, -0.2) is 35.1 Å². The molecule has 2 saturated carbocycles. The van der Waals surface area contributed by atoms with E-state index in [0.717, 1.165) is 66.2 Å². The van der Waals surface area contributed by atoms with Crippen molar-refractivity contribution >= 4 is 28.1 Å². The summed E-state index contributed by atoms with van der Waals surface area (Å²) in [6, 6.07) is 9.96. The molecule has 0 atom stereocenters. The third-order valence-corrected chi connectivity index (χ3v) is 6.86. The van der Waals surface area contributed by atoms with Crippen LogP contribution in [0.4, 0.5) is 11.4 Å². The largest absolute Gasteiger partial charge is 0.503 e. The summed E-state index contributed by atoms with van der Waals surface area (Å²) in [5, 5.41) is 14.7. The van der Waals surface area contributed by atoms with E-state index in [9.17, 15) is 9.90 Å². The Kier molecular flexibility index (Phi) is 5.58. The van der Waals surface area contributed by atoms with Crippen LogP contribution in [-0.2, 0) is 0 Å². The van der Waals surface area contributed by atoms with Crippen LogP contribution in [0, 0.1) is 5.92 Å². The Balaban J connectivity index is 1.62. The minimum atomic E-state index is -0.0705. The summed E-state index contributed by atoms with van der Waals surface area (Å²) in [6.45, 7) is 0. The van der Waals surface area contributed by atoms with Crippen LogP contribution in [0.3, 0.4) is 0 Å². The second-order valence-electron chi connectivity index (χ2n) is 9.29. The van der Waals surface area contributed by atoms with E-state index in [4.69, 9.17) is 16.2 Å². The number of benzene rings is 2. The molecule has 1 aromatic heterocycles. The Bertz CT molecular complexity index is 1210. The smallest absolute Gasteiger partial charge is 0.181 e. The molecular weight excluding hydrogens is 416 g/mol. The third kappa shape index (κ3) is 4.20. The first kappa shape index (κ1) is 21.5. The number of aromatic hydroxyl groups is 1. The van der Waals surface area contributed by atoms with Gasteiger partial charge >= 0.3 is 0 Å². The zero-order valence-electron chi connectivity index (χ0n) is 18.8. The Labute approximate surface area is 193 Å². The number of nitrogens with two attached hydrogens (primary N) is 2. The Morgan fingerprint density at radius 2 is 1.85 bits per heavy atom. The molecule has 0 aliphatic heterocycles. The average Bonchev–Trinajstić information content (AvgIpc) is 3.67. The minimum absolute atomic E-state index is 0.0705. The predicted molar refractivity (Wildman–Crippen MR) is 131 cm³/mol. The van der Waals surface area contributed by atoms with Crippen molar-refractivity contribution in [2.24, 2.45) is 11.7 Å². The number of nitrogens with zero attached hydrogens (tertiary/aromatic N) is 1. The number of phenolic OH excluding ortho intramolecular Hbond substituents is 1. The monoisotopic (exact) mass is 446 g/mol. The summed E-state index contributed by atoms with van der Waals surface area (Å²) in [5.41, 5.74) is 16.4. The fourth-order valence-corrected chi connectivity index (χ4v) is 4.70. The SMILES string of the molecule is COc1cc(-c2ccc3ncc(C(=O)C4CC4)c(NC4CCC(N)CC4)c3c2)cc(N)c1O. The maximum absolute atomic E-state index is 13.1. The van der Waals surface area contributed by atoms with E-state index in [-0.39, 0.29) is 35.2 Å². The highest BCUT2D eigenvalue weighted by Gasteiger charge is 2.33. The van der Waals surface area contributed by atoms with Crippen molar-refractivity contribution in [2.45, 2.75) is 50.6 Å². The van der Waals surface area contributed by atoms with Gasteiger partial charge in [-0.25, -0.2) is 0 Å². The van der Waals surface area contributed by atoms with E-state index in [2.05, 4.69) is 10.3 Å². The number of methoxy groups -OCH3 is 1. The highest BCUT2D eigenvalue weighted by molar-refractivity contribution is 6.10. The molecule has 172 valence electrons. The highest BCUT2D eigenvalue weighted by atomic mass is 16.5. The van der Waals surface area contributed by atoms with Gasteiger partial charge in [0.2, 0.25) is 0 Å². The summed E-state index contributed by atoms with van der Waals surface area (Å²) < 4.78 is 5.28. The second kappa shape index (κ2) is 8.56. The third-order valence-electron chi connectivity index (χ3n) is 6.86. The van der Waals surface area contributed by atoms with Crippen molar-refractivity contribution in [1.29, 1.82) is 0 Å². The van der Waals surface area contributed by atoms with Gasteiger partial charge in [0.05, 0.1) is 29.6 Å². The number of anilines is 2. The number of hydrogen-bond acceptors (Lipinski definition) is 7. The van der Waals surface area contributed by atoms with Gasteiger partial charge in [-0.3, -0.25) is 9.78 Å². The van der Waals surface area contributed by atoms with Crippen molar-refractivity contribution in [3.63, 3.8) is 0 Å². The lowest BCUT2D eigenvalue weighted by Gasteiger charge is -2.29. The number of pyridine rings is 1. The number of nitrogens with one attached hydrogen (secondary N) is 1. The molecule has 7 heteroatoms. The maximum atomic E-state index is 13.1. The molecular formula is C26H30N4O3. The zero-order chi connectivity index (χ0) is 23.1. The van der Waals surface area contributed by atoms with Gasteiger partial charge in [0, 0.05) is 29.6 Å². The quantitative estimate of drug-likeness (QED) is 0.250. The lowest BCUT2D eigenvalue weighted by molar-refractivity contribution is 0.0968. The topological polar surface area (TPSA) is 123 Å². The highest BCUT2D eigenvalue weighted by Crippen LogP contribution is 2.40. The first-order valence-electron chi connectivity index (χ1n) is 11.6. The first-order chi connectivity index (χ1) is 15.9. The normalized spacial score (nSPS) is 20.5. The molecule has 0 spiro atoms. The van der Waals surface area contributed by atoms with E-state index in [1.54, 1.807) is 18.3 Å². The molecule has 5 rings (SSSR count). The van der Waals surface area contributed by atoms with Gasteiger partial charge < -0.3 is 26.6 Å². The fraction of sp³-hybridized carbons (Fsp3) is 0.385. The van der Waals surface area contributed by atoms with E-state index in [1.165, 1.54) is 7.11 Å². The van der Waals surface area contributed by atoms with Gasteiger partial charge in [0.25, 0.3) is 0 Å². The molecule has 0 unspecified atom stereocenters. The molecule has 1 heterocycles. The number of rotatable bonds is 6. The van der Waals surface area contributed by atoms with Crippen LogP contribution in [0.15, 0.2) is 36.5 Å². The standard InChI is InChI=1S/C26H30N4O3/c1-33-23-12-16(11-21(28)26(23)32)15-4-9-22-19(10-15)24(30-18-7-5-17(27)6-8-18)20(13-29-22)25(31)14-2-3-14/h4,9-14,17-18,32H,2-3,5-8,27-28H2,1H3,(H,29,30). The van der Waals surface area contributed by atoms with Crippen molar-refractivity contribution in [3.05, 3.63) is 42.1 Å². The molecule has 0 saturated heterocycles. The van der Waals surface area contributed by atoms with Crippen LogP contribution >= 0.6 is 0 Å². The molecule has 2 aliphatic rings. The molecule has 33 heavy (non-hydrogen) atoms. The number of nitrogen functional groups attached to an aromatic ring is 1. The molecule has 0 radical (unpaired) electrons. The number of ketones is 1. The van der Waals surface area contributed by atoms with Crippen LogP contribution in [0.5, 0.6) is 11.5 Å². The lowest BCUT2D eigenvalue weighted by Crippen LogP contribution is -2.33. The summed E-state index contributed by atoms with van der Waals surface area (Å²) in [4.78, 5) is 17.7. The van der Waals surface area contributed by atoms with Gasteiger partial charge in [-0.1, -0.05) is 6.07 Å². The van der Waals surface area contributed by atoms with Gasteiger partial charge in [0.1, 0.15) is 0 Å². The van der Waals surface area contributed by atoms with Crippen LogP contribution in [0.25, 0.3) is 22.0 Å². The molecule has 3 aromatic rings. The van der Waals surface area contributed by atoms with E-state index >= 15 is 0 Å². The fourth-order valence-electron chi connectivity index (χ4n) is 4.70. The molecule has 2 aliphatic carbocycles. The predicted octanol–water partition coefficient (Wildman–Crippen LogP) is 4.47.